The summed E-state index contributed by atoms with van der Waals surface area (Å²) in [5, 5.41) is 19.1. The fourth-order valence-electron chi connectivity index (χ4n) is 1.59. The van der Waals surface area contributed by atoms with Gasteiger partial charge in [-0.25, -0.2) is 9.37 Å². The second kappa shape index (κ2) is 4.60. The van der Waals surface area contributed by atoms with Gasteiger partial charge in [-0.1, -0.05) is 0 Å². The van der Waals surface area contributed by atoms with Crippen molar-refractivity contribution in [2.75, 3.05) is 13.7 Å². The van der Waals surface area contributed by atoms with Gasteiger partial charge in [0.15, 0.2) is 0 Å². The average Bonchev–Trinajstić information content (AvgIpc) is 2.37. The van der Waals surface area contributed by atoms with Gasteiger partial charge >= 0.3 is 6.01 Å². The maximum Gasteiger partial charge on any atom is 0.316 e. The number of aliphatic hydroxyl groups is 2. The molecule has 17 heavy (non-hydrogen) atoms. The molecule has 0 aliphatic carbocycles. The summed E-state index contributed by atoms with van der Waals surface area (Å²) in [5.41, 5.74) is 0.184. The van der Waals surface area contributed by atoms with Gasteiger partial charge in [-0.05, 0) is 12.1 Å². The molecule has 6 heteroatoms. The molecule has 0 bridgehead atoms. The van der Waals surface area contributed by atoms with E-state index < -0.39 is 18.5 Å². The first-order valence-electron chi connectivity index (χ1n) is 4.95. The monoisotopic (exact) mass is 238 g/mol. The van der Waals surface area contributed by atoms with Gasteiger partial charge in [0.1, 0.15) is 11.9 Å². The van der Waals surface area contributed by atoms with E-state index in [4.69, 9.17) is 9.84 Å². The van der Waals surface area contributed by atoms with Crippen molar-refractivity contribution >= 4 is 10.9 Å². The van der Waals surface area contributed by atoms with Crippen LogP contribution in [0, 0.1) is 5.82 Å². The van der Waals surface area contributed by atoms with E-state index in [-0.39, 0.29) is 17.1 Å². The molecule has 1 atom stereocenters. The molecular formula is C11H11FN2O3. The Bertz CT molecular complexity index is 547. The third-order valence-electron chi connectivity index (χ3n) is 2.41. The number of rotatable bonds is 3. The summed E-state index contributed by atoms with van der Waals surface area (Å²) >= 11 is 0. The Morgan fingerprint density at radius 3 is 2.88 bits per heavy atom. The van der Waals surface area contributed by atoms with Crippen LogP contribution in [0.3, 0.4) is 0 Å². The third kappa shape index (κ3) is 2.04. The lowest BCUT2D eigenvalue weighted by molar-refractivity contribution is 0.0936. The summed E-state index contributed by atoms with van der Waals surface area (Å²) in [7, 11) is 1.39. The minimum Gasteiger partial charge on any atom is -0.467 e. The molecule has 1 heterocycles. The van der Waals surface area contributed by atoms with Crippen molar-refractivity contribution in [1.29, 1.82) is 0 Å². The Kier molecular flexibility index (Phi) is 3.16. The second-order valence-electron chi connectivity index (χ2n) is 3.45. The van der Waals surface area contributed by atoms with Crippen LogP contribution in [0.4, 0.5) is 4.39 Å². The summed E-state index contributed by atoms with van der Waals surface area (Å²) in [6, 6.07) is 2.78. The first-order valence-corrected chi connectivity index (χ1v) is 4.95. The molecule has 5 nitrogen and oxygen atoms in total. The van der Waals surface area contributed by atoms with Gasteiger partial charge in [0, 0.05) is 17.1 Å². The second-order valence-corrected chi connectivity index (χ2v) is 3.45. The molecule has 0 fully saturated rings. The number of benzene rings is 1. The van der Waals surface area contributed by atoms with E-state index in [1.54, 1.807) is 0 Å². The fraction of sp³-hybridized carbons (Fsp3) is 0.273. The number of ether oxygens (including phenoxy) is 1. The van der Waals surface area contributed by atoms with Gasteiger partial charge in [-0.15, -0.1) is 0 Å². The predicted molar refractivity (Wildman–Crippen MR) is 58.1 cm³/mol. The van der Waals surface area contributed by atoms with Crippen LogP contribution >= 0.6 is 0 Å². The molecular weight excluding hydrogens is 227 g/mol. The first kappa shape index (κ1) is 11.7. The highest BCUT2D eigenvalue weighted by Gasteiger charge is 2.17. The largest absolute Gasteiger partial charge is 0.467 e. The fourth-order valence-corrected chi connectivity index (χ4v) is 1.59. The van der Waals surface area contributed by atoms with Crippen LogP contribution in [0.15, 0.2) is 18.3 Å². The minimum absolute atomic E-state index is 0.0503. The Morgan fingerprint density at radius 2 is 2.24 bits per heavy atom. The normalized spacial score (nSPS) is 12.7. The highest BCUT2D eigenvalue weighted by Crippen LogP contribution is 2.26. The molecule has 0 aliphatic heterocycles. The van der Waals surface area contributed by atoms with Gasteiger partial charge < -0.3 is 14.9 Å². The summed E-state index contributed by atoms with van der Waals surface area (Å²) < 4.78 is 18.5. The van der Waals surface area contributed by atoms with Gasteiger partial charge in [-0.2, -0.15) is 4.98 Å². The van der Waals surface area contributed by atoms with E-state index in [0.717, 1.165) is 0 Å². The predicted octanol–water partition coefficient (Wildman–Crippen LogP) is 0.803. The molecule has 1 aromatic heterocycles. The van der Waals surface area contributed by atoms with Crippen LogP contribution in [-0.4, -0.2) is 33.9 Å². The van der Waals surface area contributed by atoms with Crippen molar-refractivity contribution in [1.82, 2.24) is 9.97 Å². The van der Waals surface area contributed by atoms with E-state index in [1.165, 1.54) is 25.4 Å². The maximum atomic E-state index is 13.6. The van der Waals surface area contributed by atoms with E-state index in [0.29, 0.717) is 5.39 Å². The molecule has 2 rings (SSSR count). The quantitative estimate of drug-likeness (QED) is 0.827. The standard InChI is InChI=1S/C11H11FN2O3/c1-17-11-13-4-6-2-3-7(12)9(8(16)5-15)10(6)14-11/h2-4,8,15-16H,5H2,1H3. The summed E-state index contributed by atoms with van der Waals surface area (Å²) in [4.78, 5) is 7.86. The van der Waals surface area contributed by atoms with E-state index in [9.17, 15) is 9.50 Å². The Morgan fingerprint density at radius 1 is 1.47 bits per heavy atom. The van der Waals surface area contributed by atoms with E-state index in [1.807, 2.05) is 0 Å². The average molecular weight is 238 g/mol. The SMILES string of the molecule is COc1ncc2ccc(F)c(C(O)CO)c2n1. The first-order chi connectivity index (χ1) is 8.17. The maximum absolute atomic E-state index is 13.6. The van der Waals surface area contributed by atoms with Gasteiger partial charge in [0.05, 0.1) is 19.2 Å². The number of nitrogens with zero attached hydrogens (tertiary/aromatic N) is 2. The molecule has 1 unspecified atom stereocenters. The van der Waals surface area contributed by atoms with Crippen LogP contribution < -0.4 is 4.74 Å². The zero-order chi connectivity index (χ0) is 12.4. The zero-order valence-electron chi connectivity index (χ0n) is 9.09. The number of halogens is 1. The third-order valence-corrected chi connectivity index (χ3v) is 2.41. The van der Waals surface area contributed by atoms with Crippen molar-refractivity contribution in [2.24, 2.45) is 0 Å². The zero-order valence-corrected chi connectivity index (χ0v) is 9.09. The number of hydrogen-bond donors (Lipinski definition) is 2. The Hall–Kier alpha value is -1.79. The molecule has 0 aliphatic rings. The Balaban J connectivity index is 2.73. The van der Waals surface area contributed by atoms with Crippen LogP contribution in [0.25, 0.3) is 10.9 Å². The molecule has 2 aromatic rings. The van der Waals surface area contributed by atoms with Crippen molar-refractivity contribution < 1.29 is 19.3 Å². The van der Waals surface area contributed by atoms with Crippen LogP contribution in [-0.2, 0) is 0 Å². The van der Waals surface area contributed by atoms with E-state index >= 15 is 0 Å². The number of fused-ring (bicyclic) bond motifs is 1. The molecule has 0 saturated carbocycles. The Labute approximate surface area is 96.5 Å². The van der Waals surface area contributed by atoms with Crippen molar-refractivity contribution in [3.8, 4) is 6.01 Å². The van der Waals surface area contributed by atoms with Gasteiger partial charge in [-0.3, -0.25) is 0 Å². The molecule has 0 saturated heterocycles. The van der Waals surface area contributed by atoms with Crippen LogP contribution in [0.1, 0.15) is 11.7 Å². The lowest BCUT2D eigenvalue weighted by atomic mass is 10.1. The van der Waals surface area contributed by atoms with Crippen molar-refractivity contribution in [2.45, 2.75) is 6.10 Å². The number of methoxy groups -OCH3 is 1. The molecule has 0 radical (unpaired) electrons. The molecule has 90 valence electrons. The number of hydrogen-bond acceptors (Lipinski definition) is 5. The minimum atomic E-state index is -1.32. The van der Waals surface area contributed by atoms with Crippen LogP contribution in [0.5, 0.6) is 6.01 Å². The lowest BCUT2D eigenvalue weighted by Crippen LogP contribution is -2.07. The number of aliphatic hydroxyl groups excluding tert-OH is 2. The highest BCUT2D eigenvalue weighted by molar-refractivity contribution is 5.81. The molecule has 0 amide bonds. The van der Waals surface area contributed by atoms with Gasteiger partial charge in [0.2, 0.25) is 0 Å². The smallest absolute Gasteiger partial charge is 0.316 e. The topological polar surface area (TPSA) is 75.5 Å². The van der Waals surface area contributed by atoms with Gasteiger partial charge in [0.25, 0.3) is 0 Å². The summed E-state index contributed by atoms with van der Waals surface area (Å²) in [5.74, 6) is -0.625. The summed E-state index contributed by atoms with van der Waals surface area (Å²) in [6.07, 6.45) is 0.145. The highest BCUT2D eigenvalue weighted by atomic mass is 19.1. The van der Waals surface area contributed by atoms with Crippen molar-refractivity contribution in [3.05, 3.63) is 29.7 Å². The van der Waals surface area contributed by atoms with Crippen LogP contribution in [0.2, 0.25) is 0 Å². The van der Waals surface area contributed by atoms with E-state index in [2.05, 4.69) is 9.97 Å². The summed E-state index contributed by atoms with van der Waals surface area (Å²) in [6.45, 7) is -0.581. The molecule has 1 aromatic carbocycles. The molecule has 0 spiro atoms. The lowest BCUT2D eigenvalue weighted by Gasteiger charge is -2.11. The number of aromatic nitrogens is 2. The molecule has 2 N–H and O–H groups in total. The van der Waals surface area contributed by atoms with Crippen molar-refractivity contribution in [3.63, 3.8) is 0 Å².